The zero-order valence-electron chi connectivity index (χ0n) is 10.9. The van der Waals surface area contributed by atoms with Crippen LogP contribution in [0, 0.1) is 13.8 Å². The third-order valence-electron chi connectivity index (χ3n) is 3.27. The normalized spacial score (nSPS) is 12.4. The van der Waals surface area contributed by atoms with Gasteiger partial charge in [0.2, 0.25) is 0 Å². The summed E-state index contributed by atoms with van der Waals surface area (Å²) >= 11 is 0. The number of nitrogens with one attached hydrogen (secondary N) is 1. The molecule has 0 bridgehead atoms. The minimum absolute atomic E-state index is 0.0965. The van der Waals surface area contributed by atoms with Crippen LogP contribution in [-0.4, -0.2) is 4.98 Å². The molecule has 3 nitrogen and oxygen atoms in total. The number of hydrogen-bond donors (Lipinski definition) is 2. The minimum Gasteiger partial charge on any atom is -0.271 e. The minimum atomic E-state index is 0.0965. The van der Waals surface area contributed by atoms with Gasteiger partial charge in [-0.15, -0.1) is 0 Å². The van der Waals surface area contributed by atoms with E-state index in [1.807, 2.05) is 24.4 Å². The smallest absolute Gasteiger partial charge is 0.0515 e. The molecule has 2 rings (SSSR count). The lowest BCUT2D eigenvalue weighted by atomic mass is 9.98. The van der Waals surface area contributed by atoms with Gasteiger partial charge in [0.05, 0.1) is 6.04 Å². The van der Waals surface area contributed by atoms with Crippen molar-refractivity contribution in [3.05, 3.63) is 65.0 Å². The van der Waals surface area contributed by atoms with Crippen molar-refractivity contribution in [3.8, 4) is 0 Å². The van der Waals surface area contributed by atoms with E-state index in [1.54, 1.807) is 0 Å². The highest BCUT2D eigenvalue weighted by Gasteiger charge is 2.11. The first-order valence-electron chi connectivity index (χ1n) is 6.14. The monoisotopic (exact) mass is 241 g/mol. The van der Waals surface area contributed by atoms with Crippen molar-refractivity contribution in [2.75, 3.05) is 0 Å². The zero-order valence-corrected chi connectivity index (χ0v) is 10.9. The van der Waals surface area contributed by atoms with Crippen molar-refractivity contribution in [3.63, 3.8) is 0 Å². The molecular formula is C15H19N3. The number of benzene rings is 1. The molecule has 0 aliphatic rings. The summed E-state index contributed by atoms with van der Waals surface area (Å²) in [6.45, 7) is 4.23. The molecule has 18 heavy (non-hydrogen) atoms. The Kier molecular flexibility index (Phi) is 4.07. The quantitative estimate of drug-likeness (QED) is 0.638. The standard InChI is InChI=1S/C15H19N3/c1-11-6-7-13(9-12(11)2)15(18-16)10-14-5-3-4-8-17-14/h3-9,15,18H,10,16H2,1-2H3. The predicted octanol–water partition coefficient (Wildman–Crippen LogP) is 2.45. The summed E-state index contributed by atoms with van der Waals surface area (Å²) < 4.78 is 0. The molecule has 1 aromatic heterocycles. The maximum absolute atomic E-state index is 5.66. The van der Waals surface area contributed by atoms with Crippen molar-refractivity contribution in [2.24, 2.45) is 5.84 Å². The molecule has 0 fully saturated rings. The van der Waals surface area contributed by atoms with E-state index >= 15 is 0 Å². The number of nitrogens with two attached hydrogens (primary N) is 1. The molecular weight excluding hydrogens is 222 g/mol. The van der Waals surface area contributed by atoms with E-state index in [-0.39, 0.29) is 6.04 Å². The third-order valence-corrected chi connectivity index (χ3v) is 3.27. The first-order valence-corrected chi connectivity index (χ1v) is 6.14. The second kappa shape index (κ2) is 5.76. The average Bonchev–Trinajstić information content (AvgIpc) is 2.40. The van der Waals surface area contributed by atoms with Gasteiger partial charge < -0.3 is 0 Å². The van der Waals surface area contributed by atoms with Gasteiger partial charge in [0, 0.05) is 18.3 Å². The Bertz CT molecular complexity index is 508. The molecule has 0 spiro atoms. The topological polar surface area (TPSA) is 50.9 Å². The van der Waals surface area contributed by atoms with Crippen LogP contribution in [0.4, 0.5) is 0 Å². The molecule has 2 aromatic rings. The highest BCUT2D eigenvalue weighted by Crippen LogP contribution is 2.19. The number of pyridine rings is 1. The molecule has 3 N–H and O–H groups in total. The Morgan fingerprint density at radius 1 is 1.17 bits per heavy atom. The molecule has 94 valence electrons. The molecule has 0 saturated carbocycles. The van der Waals surface area contributed by atoms with E-state index < -0.39 is 0 Å². The van der Waals surface area contributed by atoms with E-state index in [4.69, 9.17) is 5.84 Å². The highest BCUT2D eigenvalue weighted by molar-refractivity contribution is 5.32. The first-order chi connectivity index (χ1) is 8.70. The Hall–Kier alpha value is -1.71. The lowest BCUT2D eigenvalue weighted by Gasteiger charge is -2.17. The second-order valence-electron chi connectivity index (χ2n) is 4.59. The van der Waals surface area contributed by atoms with Crippen LogP contribution in [0.5, 0.6) is 0 Å². The number of rotatable bonds is 4. The summed E-state index contributed by atoms with van der Waals surface area (Å²) in [5.74, 6) is 5.66. The number of hydrogen-bond acceptors (Lipinski definition) is 3. The molecule has 1 heterocycles. The van der Waals surface area contributed by atoms with Crippen molar-refractivity contribution >= 4 is 0 Å². The van der Waals surface area contributed by atoms with Crippen LogP contribution in [-0.2, 0) is 6.42 Å². The third kappa shape index (κ3) is 2.94. The lowest BCUT2D eigenvalue weighted by molar-refractivity contribution is 0.545. The summed E-state index contributed by atoms with van der Waals surface area (Å²) in [5, 5.41) is 0. The van der Waals surface area contributed by atoms with E-state index in [0.29, 0.717) is 0 Å². The van der Waals surface area contributed by atoms with Gasteiger partial charge in [-0.2, -0.15) is 0 Å². The maximum atomic E-state index is 5.66. The van der Waals surface area contributed by atoms with Gasteiger partial charge in [-0.05, 0) is 42.7 Å². The number of hydrazine groups is 1. The summed E-state index contributed by atoms with van der Waals surface area (Å²) in [6.07, 6.45) is 2.60. The highest BCUT2D eigenvalue weighted by atomic mass is 15.2. The first kappa shape index (κ1) is 12.7. The Labute approximate surface area is 108 Å². The second-order valence-corrected chi connectivity index (χ2v) is 4.59. The van der Waals surface area contributed by atoms with Crippen LogP contribution in [0.3, 0.4) is 0 Å². The molecule has 0 aliphatic heterocycles. The largest absolute Gasteiger partial charge is 0.271 e. The molecule has 1 atom stereocenters. The SMILES string of the molecule is Cc1ccc(C(Cc2ccccn2)NN)cc1C. The molecule has 0 radical (unpaired) electrons. The van der Waals surface area contributed by atoms with Gasteiger partial charge in [-0.25, -0.2) is 0 Å². The molecule has 3 heteroatoms. The summed E-state index contributed by atoms with van der Waals surface area (Å²) in [4.78, 5) is 4.34. The average molecular weight is 241 g/mol. The van der Waals surface area contributed by atoms with Gasteiger partial charge in [-0.3, -0.25) is 16.3 Å². The molecule has 0 amide bonds. The molecule has 1 unspecified atom stereocenters. The Balaban J connectivity index is 2.20. The Morgan fingerprint density at radius 3 is 2.61 bits per heavy atom. The van der Waals surface area contributed by atoms with Crippen molar-refractivity contribution in [2.45, 2.75) is 26.3 Å². The predicted molar refractivity (Wildman–Crippen MR) is 73.9 cm³/mol. The fourth-order valence-corrected chi connectivity index (χ4v) is 1.98. The van der Waals surface area contributed by atoms with Gasteiger partial charge >= 0.3 is 0 Å². The van der Waals surface area contributed by atoms with Gasteiger partial charge in [0.15, 0.2) is 0 Å². The van der Waals surface area contributed by atoms with Gasteiger partial charge in [0.1, 0.15) is 0 Å². The van der Waals surface area contributed by atoms with E-state index in [0.717, 1.165) is 12.1 Å². The fourth-order valence-electron chi connectivity index (χ4n) is 1.98. The summed E-state index contributed by atoms with van der Waals surface area (Å²) in [7, 11) is 0. The zero-order chi connectivity index (χ0) is 13.0. The number of nitrogens with zero attached hydrogens (tertiary/aromatic N) is 1. The van der Waals surface area contributed by atoms with E-state index in [2.05, 4.69) is 42.5 Å². The van der Waals surface area contributed by atoms with Crippen LogP contribution < -0.4 is 11.3 Å². The molecule has 0 aliphatic carbocycles. The molecule has 0 saturated heterocycles. The fraction of sp³-hybridized carbons (Fsp3) is 0.267. The summed E-state index contributed by atoms with van der Waals surface area (Å²) in [6, 6.07) is 12.5. The number of aryl methyl sites for hydroxylation is 2. The van der Waals surface area contributed by atoms with Crippen LogP contribution >= 0.6 is 0 Å². The van der Waals surface area contributed by atoms with Crippen LogP contribution in [0.25, 0.3) is 0 Å². The molecule has 1 aromatic carbocycles. The van der Waals surface area contributed by atoms with Crippen LogP contribution in [0.2, 0.25) is 0 Å². The van der Waals surface area contributed by atoms with Crippen LogP contribution in [0.1, 0.15) is 28.4 Å². The number of aromatic nitrogens is 1. The maximum Gasteiger partial charge on any atom is 0.0515 e. The van der Waals surface area contributed by atoms with E-state index in [9.17, 15) is 0 Å². The summed E-state index contributed by atoms with van der Waals surface area (Å²) in [5.41, 5.74) is 7.70. The van der Waals surface area contributed by atoms with Gasteiger partial charge in [-0.1, -0.05) is 24.3 Å². The van der Waals surface area contributed by atoms with Crippen molar-refractivity contribution < 1.29 is 0 Å². The van der Waals surface area contributed by atoms with Gasteiger partial charge in [0.25, 0.3) is 0 Å². The van der Waals surface area contributed by atoms with Crippen LogP contribution in [0.15, 0.2) is 42.6 Å². The van der Waals surface area contributed by atoms with Crippen molar-refractivity contribution in [1.82, 2.24) is 10.4 Å². The lowest BCUT2D eigenvalue weighted by Crippen LogP contribution is -2.29. The van der Waals surface area contributed by atoms with Crippen molar-refractivity contribution in [1.29, 1.82) is 0 Å². The Morgan fingerprint density at radius 2 is 2.00 bits per heavy atom. The van der Waals surface area contributed by atoms with E-state index in [1.165, 1.54) is 16.7 Å².